The average Bonchev–Trinajstić information content (AvgIpc) is 2.62. The summed E-state index contributed by atoms with van der Waals surface area (Å²) in [4.78, 5) is 15.8. The highest BCUT2D eigenvalue weighted by Crippen LogP contribution is 2.41. The van der Waals surface area contributed by atoms with Crippen molar-refractivity contribution in [3.8, 4) is 5.88 Å². The molecular formula is C19H22N2O5S. The van der Waals surface area contributed by atoms with Gasteiger partial charge in [0.15, 0.2) is 0 Å². The third-order valence-electron chi connectivity index (χ3n) is 4.65. The van der Waals surface area contributed by atoms with E-state index >= 15 is 0 Å². The maximum Gasteiger partial charge on any atom is 0.337 e. The fourth-order valence-electron chi connectivity index (χ4n) is 3.32. The molecule has 1 aromatic heterocycles. The number of rotatable bonds is 5. The van der Waals surface area contributed by atoms with Gasteiger partial charge in [0.05, 0.1) is 24.1 Å². The molecule has 0 spiro atoms. The van der Waals surface area contributed by atoms with Crippen molar-refractivity contribution >= 4 is 21.7 Å². The van der Waals surface area contributed by atoms with Crippen molar-refractivity contribution in [1.82, 2.24) is 4.98 Å². The van der Waals surface area contributed by atoms with E-state index in [2.05, 4.69) is 4.98 Å². The molecule has 0 amide bonds. The maximum atomic E-state index is 13.2. The van der Waals surface area contributed by atoms with Crippen LogP contribution < -0.4 is 9.04 Å². The van der Waals surface area contributed by atoms with Crippen molar-refractivity contribution in [1.29, 1.82) is 0 Å². The second kappa shape index (κ2) is 7.19. The summed E-state index contributed by atoms with van der Waals surface area (Å²) in [6.45, 7) is 6.24. The van der Waals surface area contributed by atoms with E-state index in [0.717, 1.165) is 11.1 Å². The number of aryl methyl sites for hydroxylation is 1. The summed E-state index contributed by atoms with van der Waals surface area (Å²) in [6.07, 6.45) is 1.85. The Morgan fingerprint density at radius 1 is 1.37 bits per heavy atom. The zero-order valence-electron chi connectivity index (χ0n) is 15.5. The highest BCUT2D eigenvalue weighted by atomic mass is 32.2. The molecule has 3 rings (SSSR count). The van der Waals surface area contributed by atoms with Gasteiger partial charge in [-0.3, -0.25) is 4.31 Å². The molecule has 27 heavy (non-hydrogen) atoms. The molecule has 1 unspecified atom stereocenters. The third-order valence-corrected chi connectivity index (χ3v) is 6.43. The molecule has 0 aliphatic carbocycles. The highest BCUT2D eigenvalue weighted by Gasteiger charge is 2.35. The van der Waals surface area contributed by atoms with E-state index in [-0.39, 0.29) is 28.6 Å². The van der Waals surface area contributed by atoms with Crippen LogP contribution in [-0.2, 0) is 10.0 Å². The van der Waals surface area contributed by atoms with Crippen LogP contribution in [-0.4, -0.2) is 37.6 Å². The maximum absolute atomic E-state index is 13.2. The number of aromatic nitrogens is 1. The molecule has 0 fully saturated rings. The van der Waals surface area contributed by atoms with E-state index in [1.54, 1.807) is 0 Å². The van der Waals surface area contributed by atoms with Crippen LogP contribution in [0.5, 0.6) is 5.88 Å². The van der Waals surface area contributed by atoms with E-state index in [1.165, 1.54) is 28.7 Å². The normalized spacial score (nSPS) is 16.7. The smallest absolute Gasteiger partial charge is 0.337 e. The average molecular weight is 390 g/mol. The van der Waals surface area contributed by atoms with Crippen molar-refractivity contribution in [2.24, 2.45) is 0 Å². The monoisotopic (exact) mass is 390 g/mol. The van der Waals surface area contributed by atoms with E-state index in [0.29, 0.717) is 18.9 Å². The number of hydrogen-bond donors (Lipinski definition) is 1. The van der Waals surface area contributed by atoms with Gasteiger partial charge in [0, 0.05) is 12.6 Å². The molecule has 2 aromatic rings. The lowest BCUT2D eigenvalue weighted by Crippen LogP contribution is -2.37. The first kappa shape index (κ1) is 19.2. The van der Waals surface area contributed by atoms with Crippen LogP contribution in [0.3, 0.4) is 0 Å². The minimum Gasteiger partial charge on any atom is -0.478 e. The second-order valence-corrected chi connectivity index (χ2v) is 8.45. The van der Waals surface area contributed by atoms with Crippen molar-refractivity contribution in [2.45, 2.75) is 38.0 Å². The number of sulfonamides is 1. The summed E-state index contributed by atoms with van der Waals surface area (Å²) in [5.41, 5.74) is 1.78. The van der Waals surface area contributed by atoms with Gasteiger partial charge in [0.2, 0.25) is 5.88 Å². The Morgan fingerprint density at radius 3 is 2.70 bits per heavy atom. The summed E-state index contributed by atoms with van der Waals surface area (Å²) in [5.74, 6) is -0.733. The number of ether oxygens (including phenoxy) is 1. The van der Waals surface area contributed by atoms with Crippen molar-refractivity contribution in [3.05, 3.63) is 47.2 Å². The number of anilines is 1. The van der Waals surface area contributed by atoms with Crippen molar-refractivity contribution in [2.75, 3.05) is 17.5 Å². The first-order valence-electron chi connectivity index (χ1n) is 8.75. The van der Waals surface area contributed by atoms with Gasteiger partial charge in [-0.15, -0.1) is 0 Å². The number of aromatic carboxylic acids is 1. The van der Waals surface area contributed by atoms with E-state index in [9.17, 15) is 18.3 Å². The predicted molar refractivity (Wildman–Crippen MR) is 101 cm³/mol. The molecule has 1 aliphatic rings. The number of hydrogen-bond acceptors (Lipinski definition) is 5. The zero-order valence-corrected chi connectivity index (χ0v) is 16.3. The van der Waals surface area contributed by atoms with Crippen LogP contribution in [0.25, 0.3) is 0 Å². The van der Waals surface area contributed by atoms with E-state index < -0.39 is 16.0 Å². The molecule has 1 aromatic carbocycles. The van der Waals surface area contributed by atoms with Gasteiger partial charge in [-0.25, -0.2) is 18.2 Å². The third kappa shape index (κ3) is 3.49. The quantitative estimate of drug-likeness (QED) is 0.842. The lowest BCUT2D eigenvalue weighted by atomic mass is 9.89. The summed E-state index contributed by atoms with van der Waals surface area (Å²) >= 11 is 0. The first-order valence-corrected chi connectivity index (χ1v) is 10.2. The molecule has 2 heterocycles. The van der Waals surface area contributed by atoms with E-state index in [1.807, 2.05) is 26.8 Å². The van der Waals surface area contributed by atoms with Crippen LogP contribution in [0, 0.1) is 6.92 Å². The minimum atomic E-state index is -3.95. The summed E-state index contributed by atoms with van der Waals surface area (Å²) in [6, 6.07) is 6.31. The molecule has 1 atom stereocenters. The van der Waals surface area contributed by atoms with E-state index in [4.69, 9.17) is 4.74 Å². The number of carbonyl (C=O) groups is 1. The molecule has 0 saturated heterocycles. The molecule has 8 heteroatoms. The minimum absolute atomic E-state index is 0.000907. The standard InChI is InChI=1S/C19H22N2O5S/c1-4-26-17-6-5-14(11-20-17)27(24,25)21-8-7-13(3)15-9-12(2)10-16(18(15)21)19(22)23/h5-6,9-11,13H,4,7-8H2,1-3H3,(H,22,23). The molecular weight excluding hydrogens is 368 g/mol. The SMILES string of the molecule is CCOc1ccc(S(=O)(=O)N2CCC(C)c3cc(C)cc(C(=O)O)c32)cn1. The molecule has 144 valence electrons. The Labute approximate surface area is 158 Å². The van der Waals surface area contributed by atoms with Gasteiger partial charge in [-0.1, -0.05) is 13.0 Å². The molecule has 1 aliphatic heterocycles. The molecule has 1 N–H and O–H groups in total. The molecule has 0 radical (unpaired) electrons. The van der Waals surface area contributed by atoms with Crippen LogP contribution in [0.4, 0.5) is 5.69 Å². The topological polar surface area (TPSA) is 96.8 Å². The highest BCUT2D eigenvalue weighted by molar-refractivity contribution is 7.92. The fourth-order valence-corrected chi connectivity index (χ4v) is 4.79. The molecule has 7 nitrogen and oxygen atoms in total. The van der Waals surface area contributed by atoms with Gasteiger partial charge in [0.25, 0.3) is 10.0 Å². The van der Waals surface area contributed by atoms with Crippen molar-refractivity contribution < 1.29 is 23.1 Å². The van der Waals surface area contributed by atoms with Crippen LogP contribution >= 0.6 is 0 Å². The van der Waals surface area contributed by atoms with Crippen LogP contribution in [0.2, 0.25) is 0 Å². The Bertz CT molecular complexity index is 970. The Kier molecular flexibility index (Phi) is 5.10. The predicted octanol–water partition coefficient (Wildman–Crippen LogP) is 3.19. The number of carboxylic acid groups (broad SMARTS) is 1. The molecule has 0 bridgehead atoms. The number of nitrogens with zero attached hydrogens (tertiary/aromatic N) is 2. The molecule has 0 saturated carbocycles. The largest absolute Gasteiger partial charge is 0.478 e. The summed E-state index contributed by atoms with van der Waals surface area (Å²) in [5, 5.41) is 9.65. The van der Waals surface area contributed by atoms with Crippen LogP contribution in [0.1, 0.15) is 47.7 Å². The van der Waals surface area contributed by atoms with Gasteiger partial charge in [-0.2, -0.15) is 0 Å². The first-order chi connectivity index (χ1) is 12.8. The lowest BCUT2D eigenvalue weighted by Gasteiger charge is -2.35. The summed E-state index contributed by atoms with van der Waals surface area (Å²) in [7, 11) is -3.95. The second-order valence-electron chi connectivity index (χ2n) is 6.59. The zero-order chi connectivity index (χ0) is 19.8. The van der Waals surface area contributed by atoms with Gasteiger partial charge in [0.1, 0.15) is 4.90 Å². The Balaban J connectivity index is 2.13. The summed E-state index contributed by atoms with van der Waals surface area (Å²) < 4.78 is 32.9. The number of benzene rings is 1. The Morgan fingerprint density at radius 2 is 2.11 bits per heavy atom. The van der Waals surface area contributed by atoms with Gasteiger partial charge >= 0.3 is 5.97 Å². The number of carboxylic acids is 1. The Hall–Kier alpha value is -2.61. The fraction of sp³-hybridized carbons (Fsp3) is 0.368. The number of pyridine rings is 1. The van der Waals surface area contributed by atoms with Crippen molar-refractivity contribution in [3.63, 3.8) is 0 Å². The van der Waals surface area contributed by atoms with Gasteiger partial charge < -0.3 is 9.84 Å². The number of fused-ring (bicyclic) bond motifs is 1. The van der Waals surface area contributed by atoms with Crippen LogP contribution in [0.15, 0.2) is 35.4 Å². The van der Waals surface area contributed by atoms with Gasteiger partial charge in [-0.05, 0) is 49.4 Å². The lowest BCUT2D eigenvalue weighted by molar-refractivity contribution is 0.0697.